The van der Waals surface area contributed by atoms with E-state index >= 15 is 0 Å². The van der Waals surface area contributed by atoms with Gasteiger partial charge >= 0.3 is 0 Å². The fourth-order valence-electron chi connectivity index (χ4n) is 2.17. The first-order valence-corrected chi connectivity index (χ1v) is 6.48. The molecule has 0 aromatic rings. The Labute approximate surface area is 104 Å². The molecular weight excluding hydrogens is 214 g/mol. The molecule has 3 atom stereocenters. The SMILES string of the molecule is CC(C)CNC(=O)C(C)NC1CCCC1C#N. The quantitative estimate of drug-likeness (QED) is 0.760. The number of carbonyl (C=O) groups is 1. The van der Waals surface area contributed by atoms with E-state index in [0.29, 0.717) is 12.5 Å². The van der Waals surface area contributed by atoms with Crippen molar-refractivity contribution < 1.29 is 4.79 Å². The van der Waals surface area contributed by atoms with E-state index < -0.39 is 0 Å². The lowest BCUT2D eigenvalue weighted by Gasteiger charge is -2.21. The van der Waals surface area contributed by atoms with Gasteiger partial charge in [-0.3, -0.25) is 4.79 Å². The fraction of sp³-hybridized carbons (Fsp3) is 0.846. The second-order valence-electron chi connectivity index (χ2n) is 5.30. The van der Waals surface area contributed by atoms with Gasteiger partial charge in [-0.1, -0.05) is 20.3 Å². The molecule has 1 aliphatic carbocycles. The van der Waals surface area contributed by atoms with E-state index in [1.54, 1.807) is 0 Å². The van der Waals surface area contributed by atoms with Crippen LogP contribution < -0.4 is 10.6 Å². The summed E-state index contributed by atoms with van der Waals surface area (Å²) >= 11 is 0. The summed E-state index contributed by atoms with van der Waals surface area (Å²) in [6.45, 7) is 6.71. The number of rotatable bonds is 5. The van der Waals surface area contributed by atoms with Crippen LogP contribution in [0.1, 0.15) is 40.0 Å². The number of hydrogen-bond acceptors (Lipinski definition) is 3. The third-order valence-electron chi connectivity index (χ3n) is 3.22. The van der Waals surface area contributed by atoms with Gasteiger partial charge in [-0.05, 0) is 25.7 Å². The minimum atomic E-state index is -0.215. The molecule has 4 nitrogen and oxygen atoms in total. The van der Waals surface area contributed by atoms with Gasteiger partial charge in [0.05, 0.1) is 18.0 Å². The number of carbonyl (C=O) groups excluding carboxylic acids is 1. The van der Waals surface area contributed by atoms with Crippen LogP contribution in [0, 0.1) is 23.2 Å². The maximum absolute atomic E-state index is 11.8. The molecule has 0 spiro atoms. The fourth-order valence-corrected chi connectivity index (χ4v) is 2.17. The lowest BCUT2D eigenvalue weighted by Crippen LogP contribution is -2.48. The first-order valence-electron chi connectivity index (χ1n) is 6.48. The zero-order valence-corrected chi connectivity index (χ0v) is 11.0. The van der Waals surface area contributed by atoms with Gasteiger partial charge in [0, 0.05) is 12.6 Å². The molecule has 0 radical (unpaired) electrons. The molecule has 17 heavy (non-hydrogen) atoms. The summed E-state index contributed by atoms with van der Waals surface area (Å²) in [5.41, 5.74) is 0. The molecule has 1 aliphatic rings. The third kappa shape index (κ3) is 4.35. The summed E-state index contributed by atoms with van der Waals surface area (Å²) in [7, 11) is 0. The molecule has 3 unspecified atom stereocenters. The molecule has 0 saturated heterocycles. The number of amides is 1. The van der Waals surface area contributed by atoms with Crippen molar-refractivity contribution in [1.82, 2.24) is 10.6 Å². The lowest BCUT2D eigenvalue weighted by molar-refractivity contribution is -0.123. The van der Waals surface area contributed by atoms with Crippen molar-refractivity contribution in [2.45, 2.75) is 52.1 Å². The molecule has 0 aromatic carbocycles. The van der Waals surface area contributed by atoms with Gasteiger partial charge in [-0.2, -0.15) is 5.26 Å². The largest absolute Gasteiger partial charge is 0.354 e. The Kier molecular flexibility index (Phi) is 5.43. The second-order valence-corrected chi connectivity index (χ2v) is 5.30. The Morgan fingerprint density at radius 1 is 1.41 bits per heavy atom. The smallest absolute Gasteiger partial charge is 0.236 e. The lowest BCUT2D eigenvalue weighted by atomic mass is 10.0. The third-order valence-corrected chi connectivity index (χ3v) is 3.22. The van der Waals surface area contributed by atoms with Gasteiger partial charge in [0.25, 0.3) is 0 Å². The molecule has 2 N–H and O–H groups in total. The van der Waals surface area contributed by atoms with E-state index in [4.69, 9.17) is 5.26 Å². The molecule has 1 saturated carbocycles. The molecule has 96 valence electrons. The van der Waals surface area contributed by atoms with Gasteiger partial charge in [-0.15, -0.1) is 0 Å². The molecule has 1 fully saturated rings. The molecule has 1 amide bonds. The summed E-state index contributed by atoms with van der Waals surface area (Å²) in [5, 5.41) is 15.1. The predicted molar refractivity (Wildman–Crippen MR) is 67.2 cm³/mol. The van der Waals surface area contributed by atoms with Gasteiger partial charge in [-0.25, -0.2) is 0 Å². The normalized spacial score (nSPS) is 25.6. The van der Waals surface area contributed by atoms with Gasteiger partial charge in [0.2, 0.25) is 5.91 Å². The van der Waals surface area contributed by atoms with E-state index in [1.807, 2.05) is 6.92 Å². The Bertz CT molecular complexity index is 296. The maximum atomic E-state index is 11.8. The van der Waals surface area contributed by atoms with E-state index in [0.717, 1.165) is 19.3 Å². The summed E-state index contributed by atoms with van der Waals surface area (Å²) in [5.74, 6) is 0.558. The Balaban J connectivity index is 2.35. The highest BCUT2D eigenvalue weighted by Gasteiger charge is 2.29. The summed E-state index contributed by atoms with van der Waals surface area (Å²) in [6.07, 6.45) is 3.03. The highest BCUT2D eigenvalue weighted by Crippen LogP contribution is 2.25. The monoisotopic (exact) mass is 237 g/mol. The van der Waals surface area contributed by atoms with Crippen LogP contribution in [0.5, 0.6) is 0 Å². The zero-order valence-electron chi connectivity index (χ0n) is 11.0. The number of nitriles is 1. The molecule has 4 heteroatoms. The van der Waals surface area contributed by atoms with Crippen molar-refractivity contribution in [3.63, 3.8) is 0 Å². The minimum Gasteiger partial charge on any atom is -0.354 e. The molecule has 0 heterocycles. The number of hydrogen-bond donors (Lipinski definition) is 2. The molecule has 1 rings (SSSR count). The predicted octanol–water partition coefficient (Wildman–Crippen LogP) is 1.43. The van der Waals surface area contributed by atoms with E-state index in [-0.39, 0.29) is 23.9 Å². The van der Waals surface area contributed by atoms with E-state index in [2.05, 4.69) is 30.6 Å². The van der Waals surface area contributed by atoms with Crippen LogP contribution in [-0.4, -0.2) is 24.5 Å². The first-order chi connectivity index (χ1) is 8.04. The van der Waals surface area contributed by atoms with Gasteiger partial charge < -0.3 is 10.6 Å². The Morgan fingerprint density at radius 2 is 2.12 bits per heavy atom. The summed E-state index contributed by atoms with van der Waals surface area (Å²) < 4.78 is 0. The average molecular weight is 237 g/mol. The van der Waals surface area contributed by atoms with Crippen LogP contribution in [-0.2, 0) is 4.79 Å². The van der Waals surface area contributed by atoms with E-state index in [1.165, 1.54) is 0 Å². The second kappa shape index (κ2) is 6.61. The average Bonchev–Trinajstić information content (AvgIpc) is 2.72. The zero-order chi connectivity index (χ0) is 12.8. The van der Waals surface area contributed by atoms with Crippen LogP contribution in [0.4, 0.5) is 0 Å². The van der Waals surface area contributed by atoms with Crippen LogP contribution in [0.25, 0.3) is 0 Å². The highest BCUT2D eigenvalue weighted by molar-refractivity contribution is 5.81. The van der Waals surface area contributed by atoms with Crippen LogP contribution >= 0.6 is 0 Å². The van der Waals surface area contributed by atoms with Crippen molar-refractivity contribution >= 4 is 5.91 Å². The summed E-state index contributed by atoms with van der Waals surface area (Å²) in [6, 6.07) is 2.28. The number of nitrogens with one attached hydrogen (secondary N) is 2. The maximum Gasteiger partial charge on any atom is 0.236 e. The van der Waals surface area contributed by atoms with Crippen molar-refractivity contribution in [2.24, 2.45) is 11.8 Å². The van der Waals surface area contributed by atoms with Crippen LogP contribution in [0.2, 0.25) is 0 Å². The first kappa shape index (κ1) is 14.0. The van der Waals surface area contributed by atoms with Crippen molar-refractivity contribution in [3.8, 4) is 6.07 Å². The number of nitrogens with zero attached hydrogens (tertiary/aromatic N) is 1. The van der Waals surface area contributed by atoms with Gasteiger partial charge in [0.1, 0.15) is 0 Å². The van der Waals surface area contributed by atoms with Crippen LogP contribution in [0.3, 0.4) is 0 Å². The van der Waals surface area contributed by atoms with Crippen molar-refractivity contribution in [3.05, 3.63) is 0 Å². The topological polar surface area (TPSA) is 64.9 Å². The standard InChI is InChI=1S/C13H23N3O/c1-9(2)8-15-13(17)10(3)16-12-6-4-5-11(12)7-14/h9-12,16H,4-6,8H2,1-3H3,(H,15,17). The summed E-state index contributed by atoms with van der Waals surface area (Å²) in [4.78, 5) is 11.8. The van der Waals surface area contributed by atoms with Crippen LogP contribution in [0.15, 0.2) is 0 Å². The molecule has 0 bridgehead atoms. The van der Waals surface area contributed by atoms with Crippen molar-refractivity contribution in [1.29, 1.82) is 5.26 Å². The molecule has 0 aromatic heterocycles. The Morgan fingerprint density at radius 3 is 2.71 bits per heavy atom. The Hall–Kier alpha value is -1.08. The van der Waals surface area contributed by atoms with Gasteiger partial charge in [0.15, 0.2) is 0 Å². The van der Waals surface area contributed by atoms with E-state index in [9.17, 15) is 4.79 Å². The molecule has 0 aliphatic heterocycles. The highest BCUT2D eigenvalue weighted by atomic mass is 16.2. The minimum absolute atomic E-state index is 0.0299. The van der Waals surface area contributed by atoms with Crippen molar-refractivity contribution in [2.75, 3.05) is 6.54 Å². The molecular formula is C13H23N3O.